The molecule has 0 atom stereocenters. The maximum atomic E-state index is 6.16. The van der Waals surface area contributed by atoms with Crippen LogP contribution >= 0.6 is 11.6 Å². The minimum Gasteiger partial charge on any atom is -0.0843 e. The monoisotopic (exact) mass is 258 g/mol. The van der Waals surface area contributed by atoms with E-state index in [1.807, 2.05) is 12.1 Å². The maximum absolute atomic E-state index is 6.16. The van der Waals surface area contributed by atoms with Gasteiger partial charge in [0.15, 0.2) is 0 Å². The predicted molar refractivity (Wildman–Crippen MR) is 80.2 cm³/mol. The van der Waals surface area contributed by atoms with Gasteiger partial charge in [0.1, 0.15) is 0 Å². The van der Waals surface area contributed by atoms with Crippen LogP contribution in [0.15, 0.2) is 48.5 Å². The second-order valence-electron chi connectivity index (χ2n) is 4.61. The third-order valence-corrected chi connectivity index (χ3v) is 3.76. The smallest absolute Gasteiger partial charge is 0.0412 e. The van der Waals surface area contributed by atoms with Gasteiger partial charge in [-0.1, -0.05) is 61.8 Å². The molecule has 2 aromatic carbocycles. The molecule has 0 aliphatic rings. The number of rotatable bonds is 4. The van der Waals surface area contributed by atoms with Gasteiger partial charge in [-0.2, -0.15) is 0 Å². The Labute approximate surface area is 115 Å². The van der Waals surface area contributed by atoms with Gasteiger partial charge in [-0.3, -0.25) is 0 Å². The Bertz CT molecular complexity index is 498. The van der Waals surface area contributed by atoms with E-state index in [-0.39, 0.29) is 0 Å². The molecule has 0 saturated heterocycles. The molecule has 94 valence electrons. The van der Waals surface area contributed by atoms with E-state index < -0.39 is 0 Å². The molecule has 1 heteroatoms. The molecule has 0 saturated carbocycles. The Hall–Kier alpha value is -1.27. The van der Waals surface area contributed by atoms with Gasteiger partial charge in [-0.15, -0.1) is 0 Å². The number of benzene rings is 2. The zero-order valence-corrected chi connectivity index (χ0v) is 11.7. The van der Waals surface area contributed by atoms with E-state index in [4.69, 9.17) is 11.6 Å². The first-order valence-corrected chi connectivity index (χ1v) is 6.99. The lowest BCUT2D eigenvalue weighted by Crippen LogP contribution is -1.98. The average Bonchev–Trinajstić information content (AvgIpc) is 2.42. The third-order valence-electron chi connectivity index (χ3n) is 3.53. The van der Waals surface area contributed by atoms with Crippen molar-refractivity contribution in [2.45, 2.75) is 32.6 Å². The van der Waals surface area contributed by atoms with E-state index in [9.17, 15) is 0 Å². The highest BCUT2D eigenvalue weighted by molar-refractivity contribution is 6.30. The van der Waals surface area contributed by atoms with Crippen LogP contribution in [0, 0.1) is 0 Å². The van der Waals surface area contributed by atoms with Gasteiger partial charge in [-0.05, 0) is 47.6 Å². The zero-order chi connectivity index (χ0) is 13.0. The standard InChI is InChI=1S/C17H19Cl/c1-3-13(4-2)16-11-10-15(18)12-17(16)14-8-6-5-7-9-14/h5-13H,3-4H2,1-2H3. The van der Waals surface area contributed by atoms with Crippen molar-refractivity contribution in [3.05, 3.63) is 59.1 Å². The summed E-state index contributed by atoms with van der Waals surface area (Å²) in [5.41, 5.74) is 3.94. The van der Waals surface area contributed by atoms with E-state index in [2.05, 4.69) is 50.2 Å². The fourth-order valence-corrected chi connectivity index (χ4v) is 2.65. The maximum Gasteiger partial charge on any atom is 0.0412 e. The number of halogens is 1. The van der Waals surface area contributed by atoms with Crippen LogP contribution < -0.4 is 0 Å². The molecule has 2 rings (SSSR count). The van der Waals surface area contributed by atoms with E-state index in [0.717, 1.165) is 17.9 Å². The second-order valence-corrected chi connectivity index (χ2v) is 5.05. The lowest BCUT2D eigenvalue weighted by atomic mass is 9.87. The first-order valence-electron chi connectivity index (χ1n) is 6.61. The molecule has 2 aromatic rings. The Balaban J connectivity index is 2.54. The normalized spacial score (nSPS) is 10.9. The van der Waals surface area contributed by atoms with Gasteiger partial charge in [0.25, 0.3) is 0 Å². The molecule has 0 nitrogen and oxygen atoms in total. The molecule has 0 N–H and O–H groups in total. The number of hydrogen-bond acceptors (Lipinski definition) is 0. The van der Waals surface area contributed by atoms with E-state index in [0.29, 0.717) is 5.92 Å². The van der Waals surface area contributed by atoms with Crippen LogP contribution in [0.1, 0.15) is 38.2 Å². The molecule has 0 bridgehead atoms. The van der Waals surface area contributed by atoms with Gasteiger partial charge >= 0.3 is 0 Å². The summed E-state index contributed by atoms with van der Waals surface area (Å²) in [6.07, 6.45) is 2.33. The van der Waals surface area contributed by atoms with Gasteiger partial charge in [0, 0.05) is 5.02 Å². The van der Waals surface area contributed by atoms with Gasteiger partial charge in [-0.25, -0.2) is 0 Å². The molecule has 18 heavy (non-hydrogen) atoms. The van der Waals surface area contributed by atoms with Crippen LogP contribution in [0.2, 0.25) is 5.02 Å². The average molecular weight is 259 g/mol. The minimum atomic E-state index is 0.609. The van der Waals surface area contributed by atoms with E-state index in [1.54, 1.807) is 0 Å². The highest BCUT2D eigenvalue weighted by Gasteiger charge is 2.13. The van der Waals surface area contributed by atoms with Crippen LogP contribution in [0.3, 0.4) is 0 Å². The highest BCUT2D eigenvalue weighted by Crippen LogP contribution is 2.34. The van der Waals surface area contributed by atoms with Gasteiger partial charge < -0.3 is 0 Å². The summed E-state index contributed by atoms with van der Waals surface area (Å²) >= 11 is 6.16. The Morgan fingerprint density at radius 1 is 0.944 bits per heavy atom. The van der Waals surface area contributed by atoms with Crippen molar-refractivity contribution in [3.8, 4) is 11.1 Å². The molecule has 0 unspecified atom stereocenters. The first-order chi connectivity index (χ1) is 8.76. The number of hydrogen-bond donors (Lipinski definition) is 0. The van der Waals surface area contributed by atoms with Gasteiger partial charge in [0.2, 0.25) is 0 Å². The van der Waals surface area contributed by atoms with Crippen molar-refractivity contribution < 1.29 is 0 Å². The molecule has 0 fully saturated rings. The van der Waals surface area contributed by atoms with Crippen LogP contribution in [-0.2, 0) is 0 Å². The van der Waals surface area contributed by atoms with Crippen molar-refractivity contribution in [3.63, 3.8) is 0 Å². The largest absolute Gasteiger partial charge is 0.0843 e. The highest BCUT2D eigenvalue weighted by atomic mass is 35.5. The Morgan fingerprint density at radius 2 is 1.61 bits per heavy atom. The lowest BCUT2D eigenvalue weighted by molar-refractivity contribution is 0.643. The van der Waals surface area contributed by atoms with E-state index >= 15 is 0 Å². The molecule has 0 aliphatic heterocycles. The Morgan fingerprint density at radius 3 is 2.22 bits per heavy atom. The summed E-state index contributed by atoms with van der Waals surface area (Å²) in [5, 5.41) is 0.809. The van der Waals surface area contributed by atoms with Crippen LogP contribution in [0.5, 0.6) is 0 Å². The summed E-state index contributed by atoms with van der Waals surface area (Å²) in [4.78, 5) is 0. The second kappa shape index (κ2) is 6.06. The zero-order valence-electron chi connectivity index (χ0n) is 11.0. The lowest BCUT2D eigenvalue weighted by Gasteiger charge is -2.18. The summed E-state index contributed by atoms with van der Waals surface area (Å²) in [6, 6.07) is 16.8. The molecule has 0 radical (unpaired) electrons. The van der Waals surface area contributed by atoms with Crippen LogP contribution in [0.25, 0.3) is 11.1 Å². The van der Waals surface area contributed by atoms with Crippen molar-refractivity contribution in [2.24, 2.45) is 0 Å². The van der Waals surface area contributed by atoms with E-state index in [1.165, 1.54) is 16.7 Å². The molecule has 0 heterocycles. The van der Waals surface area contributed by atoms with Crippen LogP contribution in [-0.4, -0.2) is 0 Å². The minimum absolute atomic E-state index is 0.609. The van der Waals surface area contributed by atoms with Gasteiger partial charge in [0.05, 0.1) is 0 Å². The summed E-state index contributed by atoms with van der Waals surface area (Å²) in [7, 11) is 0. The molecule has 0 aromatic heterocycles. The topological polar surface area (TPSA) is 0 Å². The van der Waals surface area contributed by atoms with Crippen molar-refractivity contribution >= 4 is 11.6 Å². The van der Waals surface area contributed by atoms with Crippen molar-refractivity contribution in [2.75, 3.05) is 0 Å². The fourth-order valence-electron chi connectivity index (χ4n) is 2.48. The summed E-state index contributed by atoms with van der Waals surface area (Å²) in [6.45, 7) is 4.50. The molecular formula is C17H19Cl. The van der Waals surface area contributed by atoms with Crippen LogP contribution in [0.4, 0.5) is 0 Å². The van der Waals surface area contributed by atoms with Crippen molar-refractivity contribution in [1.29, 1.82) is 0 Å². The quantitative estimate of drug-likeness (QED) is 0.639. The molecule has 0 spiro atoms. The third kappa shape index (κ3) is 2.76. The fraction of sp³-hybridized carbons (Fsp3) is 0.294. The summed E-state index contributed by atoms with van der Waals surface area (Å²) < 4.78 is 0. The molecular weight excluding hydrogens is 240 g/mol. The Kier molecular flexibility index (Phi) is 4.43. The molecule has 0 amide bonds. The first kappa shape index (κ1) is 13.2. The molecule has 0 aliphatic carbocycles. The SMILES string of the molecule is CCC(CC)c1ccc(Cl)cc1-c1ccccc1. The van der Waals surface area contributed by atoms with Crippen molar-refractivity contribution in [1.82, 2.24) is 0 Å². The summed E-state index contributed by atoms with van der Waals surface area (Å²) in [5.74, 6) is 0.609. The predicted octanol–water partition coefficient (Wildman–Crippen LogP) is 5.91.